The van der Waals surface area contributed by atoms with E-state index in [1.807, 2.05) is 61.9 Å². The fourth-order valence-corrected chi connectivity index (χ4v) is 4.62. The van der Waals surface area contributed by atoms with Crippen molar-refractivity contribution in [2.75, 3.05) is 11.9 Å². The second kappa shape index (κ2) is 7.73. The van der Waals surface area contributed by atoms with E-state index in [9.17, 15) is 4.79 Å². The zero-order valence-corrected chi connectivity index (χ0v) is 19.5. The first-order chi connectivity index (χ1) is 17.1. The molecule has 8 heteroatoms. The van der Waals surface area contributed by atoms with E-state index in [0.29, 0.717) is 28.2 Å². The summed E-state index contributed by atoms with van der Waals surface area (Å²) in [5.74, 6) is 2.04. The van der Waals surface area contributed by atoms with Gasteiger partial charge in [-0.15, -0.1) is 0 Å². The quantitative estimate of drug-likeness (QED) is 0.401. The summed E-state index contributed by atoms with van der Waals surface area (Å²) in [6.45, 7) is 0.904. The minimum atomic E-state index is -0.214. The Hall–Kier alpha value is -4.07. The first-order valence-electron chi connectivity index (χ1n) is 12.2. The van der Waals surface area contributed by atoms with Crippen LogP contribution in [-0.2, 0) is 7.05 Å². The normalized spacial score (nSPS) is 15.7. The van der Waals surface area contributed by atoms with Crippen LogP contribution in [0, 0.1) is 5.92 Å². The Balaban J connectivity index is 1.41. The predicted molar refractivity (Wildman–Crippen MR) is 136 cm³/mol. The lowest BCUT2D eigenvalue weighted by Crippen LogP contribution is -2.24. The van der Waals surface area contributed by atoms with Gasteiger partial charge in [0.2, 0.25) is 0 Å². The molecule has 0 radical (unpaired) electrons. The van der Waals surface area contributed by atoms with Crippen molar-refractivity contribution in [3.05, 3.63) is 70.9 Å². The van der Waals surface area contributed by atoms with E-state index < -0.39 is 0 Å². The molecule has 0 spiro atoms. The molecule has 8 nitrogen and oxygen atoms in total. The van der Waals surface area contributed by atoms with Crippen molar-refractivity contribution in [2.45, 2.75) is 31.6 Å². The van der Waals surface area contributed by atoms with E-state index in [1.54, 1.807) is 4.68 Å². The van der Waals surface area contributed by atoms with Gasteiger partial charge in [-0.05, 0) is 68.0 Å². The van der Waals surface area contributed by atoms with Crippen molar-refractivity contribution >= 4 is 27.8 Å². The van der Waals surface area contributed by atoms with E-state index in [4.69, 9.17) is 10.1 Å². The molecule has 4 aromatic heterocycles. The van der Waals surface area contributed by atoms with Gasteiger partial charge < -0.3 is 5.32 Å². The van der Waals surface area contributed by atoms with Gasteiger partial charge in [-0.2, -0.15) is 14.9 Å². The number of hydrogen-bond acceptors (Lipinski definition) is 6. The highest BCUT2D eigenvalue weighted by Crippen LogP contribution is 2.39. The Morgan fingerprint density at radius 2 is 1.86 bits per heavy atom. The Kier molecular flexibility index (Phi) is 4.49. The molecule has 7 rings (SSSR count). The summed E-state index contributed by atoms with van der Waals surface area (Å²) in [4.78, 5) is 23.5. The van der Waals surface area contributed by atoms with Crippen LogP contribution >= 0.6 is 0 Å². The zero-order valence-electron chi connectivity index (χ0n) is 19.5. The molecule has 0 atom stereocenters. The molecule has 2 aliphatic carbocycles. The third-order valence-corrected chi connectivity index (χ3v) is 6.91. The van der Waals surface area contributed by atoms with Gasteiger partial charge in [0.1, 0.15) is 16.9 Å². The van der Waals surface area contributed by atoms with Crippen LogP contribution in [0.5, 0.6) is 0 Å². The fraction of sp³-hybridized carbons (Fsp3) is 0.296. The molecule has 0 aliphatic heterocycles. The highest BCUT2D eigenvalue weighted by Gasteiger charge is 2.25. The van der Waals surface area contributed by atoms with Crippen molar-refractivity contribution in [3.63, 3.8) is 0 Å². The lowest BCUT2D eigenvalue weighted by atomic mass is 10.1. The van der Waals surface area contributed by atoms with Crippen LogP contribution in [0.4, 0.5) is 5.82 Å². The molecule has 0 saturated heterocycles. The number of nitrogens with zero attached hydrogens (tertiary/aromatic N) is 6. The summed E-state index contributed by atoms with van der Waals surface area (Å²) >= 11 is 0. The minimum Gasteiger partial charge on any atom is -0.370 e. The summed E-state index contributed by atoms with van der Waals surface area (Å²) in [7, 11) is 1.89. The van der Waals surface area contributed by atoms with E-state index in [2.05, 4.69) is 15.4 Å². The monoisotopic (exact) mass is 463 g/mol. The Morgan fingerprint density at radius 3 is 2.63 bits per heavy atom. The number of aryl methyl sites for hydroxylation is 1. The number of anilines is 1. The van der Waals surface area contributed by atoms with E-state index in [1.165, 1.54) is 30.4 Å². The van der Waals surface area contributed by atoms with Gasteiger partial charge in [0, 0.05) is 48.5 Å². The summed E-state index contributed by atoms with van der Waals surface area (Å²) in [6, 6.07) is 13.7. The summed E-state index contributed by atoms with van der Waals surface area (Å²) < 4.78 is 3.24. The molecule has 0 bridgehead atoms. The number of fused-ring (bicyclic) bond motifs is 2. The summed E-state index contributed by atoms with van der Waals surface area (Å²) in [5.41, 5.74) is 4.98. The Bertz CT molecular complexity index is 1640. The van der Waals surface area contributed by atoms with Crippen LogP contribution < -0.4 is 10.9 Å². The lowest BCUT2D eigenvalue weighted by molar-refractivity contribution is 0.780. The minimum absolute atomic E-state index is 0.214. The number of rotatable bonds is 6. The highest BCUT2D eigenvalue weighted by atomic mass is 16.1. The van der Waals surface area contributed by atoms with Gasteiger partial charge in [-0.25, -0.2) is 4.98 Å². The van der Waals surface area contributed by atoms with Gasteiger partial charge in [0.25, 0.3) is 5.56 Å². The van der Waals surface area contributed by atoms with Gasteiger partial charge in [-0.1, -0.05) is 6.07 Å². The van der Waals surface area contributed by atoms with E-state index in [0.717, 1.165) is 40.4 Å². The topological polar surface area (TPSA) is 90.5 Å². The summed E-state index contributed by atoms with van der Waals surface area (Å²) in [6.07, 6.45) is 8.64. The van der Waals surface area contributed by atoms with Crippen molar-refractivity contribution in [1.82, 2.24) is 29.5 Å². The van der Waals surface area contributed by atoms with Crippen LogP contribution in [0.3, 0.4) is 0 Å². The molecule has 2 saturated carbocycles. The van der Waals surface area contributed by atoms with E-state index in [-0.39, 0.29) is 5.56 Å². The third kappa shape index (κ3) is 3.75. The number of aromatic nitrogens is 6. The molecule has 4 heterocycles. The van der Waals surface area contributed by atoms with Gasteiger partial charge in [0.05, 0.1) is 16.8 Å². The first-order valence-corrected chi connectivity index (χ1v) is 12.2. The average Bonchev–Trinajstić information content (AvgIpc) is 3.79. The maximum Gasteiger partial charge on any atom is 0.281 e. The largest absolute Gasteiger partial charge is 0.370 e. The van der Waals surface area contributed by atoms with Crippen LogP contribution in [0.1, 0.15) is 37.3 Å². The molecular formula is C27H25N7O. The van der Waals surface area contributed by atoms with Crippen molar-refractivity contribution in [2.24, 2.45) is 13.0 Å². The van der Waals surface area contributed by atoms with Gasteiger partial charge in [0.15, 0.2) is 0 Å². The van der Waals surface area contributed by atoms with Crippen LogP contribution in [0.2, 0.25) is 0 Å². The molecule has 35 heavy (non-hydrogen) atoms. The smallest absolute Gasteiger partial charge is 0.281 e. The number of benzene rings is 1. The predicted octanol–water partition coefficient (Wildman–Crippen LogP) is 4.43. The second-order valence-corrected chi connectivity index (χ2v) is 9.77. The SMILES string of the molecule is Cn1cc2cc(-n3nc4ccc(NCC5CC5)nc4c(-c4ccc(C5CC5)nc4)c3=O)ccc2n1. The van der Waals surface area contributed by atoms with Crippen LogP contribution in [0.25, 0.3) is 38.8 Å². The van der Waals surface area contributed by atoms with Crippen molar-refractivity contribution in [3.8, 4) is 16.8 Å². The standard InChI is InChI=1S/C27H25N7O/c1-33-15-19-12-20(7-9-22(19)31-33)34-27(35)25(18-6-8-21(28-14-18)17-4-5-17)26-23(32-34)10-11-24(30-26)29-13-16-2-3-16/h6-12,14-17H,2-5,13H2,1H3,(H,29,30). The number of hydrogen-bond donors (Lipinski definition) is 1. The number of nitrogens with one attached hydrogen (secondary N) is 1. The molecule has 0 unspecified atom stereocenters. The zero-order chi connectivity index (χ0) is 23.5. The van der Waals surface area contributed by atoms with Crippen molar-refractivity contribution in [1.29, 1.82) is 0 Å². The van der Waals surface area contributed by atoms with Crippen molar-refractivity contribution < 1.29 is 0 Å². The van der Waals surface area contributed by atoms with Crippen LogP contribution in [0.15, 0.2) is 59.7 Å². The van der Waals surface area contributed by atoms with Gasteiger partial charge in [-0.3, -0.25) is 14.5 Å². The molecule has 1 aromatic carbocycles. The average molecular weight is 464 g/mol. The molecule has 174 valence electrons. The third-order valence-electron chi connectivity index (χ3n) is 6.91. The molecule has 0 amide bonds. The first kappa shape index (κ1) is 20.3. The fourth-order valence-electron chi connectivity index (χ4n) is 4.62. The highest BCUT2D eigenvalue weighted by molar-refractivity contribution is 5.91. The lowest BCUT2D eigenvalue weighted by Gasteiger charge is -2.13. The Labute approximate surface area is 201 Å². The van der Waals surface area contributed by atoms with Crippen LogP contribution in [-0.4, -0.2) is 36.1 Å². The molecule has 1 N–H and O–H groups in total. The van der Waals surface area contributed by atoms with E-state index >= 15 is 0 Å². The maximum atomic E-state index is 13.9. The molecular weight excluding hydrogens is 438 g/mol. The van der Waals surface area contributed by atoms with Gasteiger partial charge >= 0.3 is 0 Å². The number of pyridine rings is 2. The molecule has 5 aromatic rings. The Morgan fingerprint density at radius 1 is 1.00 bits per heavy atom. The second-order valence-electron chi connectivity index (χ2n) is 9.77. The molecule has 2 aliphatic rings. The maximum absolute atomic E-state index is 13.9. The summed E-state index contributed by atoms with van der Waals surface area (Å²) in [5, 5.41) is 13.5. The molecule has 2 fully saturated rings.